The van der Waals surface area contributed by atoms with Crippen molar-refractivity contribution in [2.24, 2.45) is 0 Å². The number of nitrogens with zero attached hydrogens (tertiary/aromatic N) is 4. The number of hydrogen-bond acceptors (Lipinski definition) is 7. The van der Waals surface area contributed by atoms with Crippen LogP contribution in [0.15, 0.2) is 0 Å². The molecule has 1 spiro atoms. The lowest BCUT2D eigenvalue weighted by Gasteiger charge is -2.38. The van der Waals surface area contributed by atoms with E-state index in [9.17, 15) is 0 Å². The van der Waals surface area contributed by atoms with Crippen LogP contribution in [0.3, 0.4) is 0 Å². The number of piperidine rings is 1. The van der Waals surface area contributed by atoms with Crippen LogP contribution in [0.25, 0.3) is 0 Å². The standard InChI is InChI=1S/C11H15ClN4O3/c1-17-10-14-8(12)13-9(15-10)16-4-2-3-11(7-16)18-5-6-19-11/h2-7H2,1H3. The van der Waals surface area contributed by atoms with Gasteiger partial charge in [-0.15, -0.1) is 0 Å². The van der Waals surface area contributed by atoms with Gasteiger partial charge < -0.3 is 19.1 Å². The summed E-state index contributed by atoms with van der Waals surface area (Å²) in [7, 11) is 1.50. The number of halogens is 1. The Balaban J connectivity index is 1.83. The molecule has 0 atom stereocenters. The number of ether oxygens (including phenoxy) is 3. The summed E-state index contributed by atoms with van der Waals surface area (Å²) in [6, 6.07) is 0.211. The first-order chi connectivity index (χ1) is 9.21. The molecule has 1 aromatic heterocycles. The number of anilines is 1. The van der Waals surface area contributed by atoms with Crippen molar-refractivity contribution < 1.29 is 14.2 Å². The average Bonchev–Trinajstić information content (AvgIpc) is 2.86. The summed E-state index contributed by atoms with van der Waals surface area (Å²) in [5.41, 5.74) is 0. The molecule has 3 rings (SSSR count). The maximum Gasteiger partial charge on any atom is 0.322 e. The zero-order valence-electron chi connectivity index (χ0n) is 10.6. The maximum absolute atomic E-state index is 5.87. The van der Waals surface area contributed by atoms with Gasteiger partial charge in [-0.05, 0) is 18.0 Å². The highest BCUT2D eigenvalue weighted by Gasteiger charge is 2.41. The molecule has 19 heavy (non-hydrogen) atoms. The summed E-state index contributed by atoms with van der Waals surface area (Å²) in [4.78, 5) is 14.2. The molecule has 2 aliphatic rings. The van der Waals surface area contributed by atoms with Crippen molar-refractivity contribution >= 4 is 17.5 Å². The van der Waals surface area contributed by atoms with Crippen molar-refractivity contribution in [2.75, 3.05) is 38.3 Å². The predicted octanol–water partition coefficient (Wildman–Crippen LogP) is 0.877. The van der Waals surface area contributed by atoms with E-state index >= 15 is 0 Å². The van der Waals surface area contributed by atoms with Crippen molar-refractivity contribution in [3.63, 3.8) is 0 Å². The van der Waals surface area contributed by atoms with Gasteiger partial charge in [-0.2, -0.15) is 15.0 Å². The van der Waals surface area contributed by atoms with E-state index in [-0.39, 0.29) is 11.3 Å². The first kappa shape index (κ1) is 12.8. The van der Waals surface area contributed by atoms with E-state index in [1.54, 1.807) is 0 Å². The van der Waals surface area contributed by atoms with Gasteiger partial charge >= 0.3 is 6.01 Å². The Hall–Kier alpha value is -1.18. The Labute approximate surface area is 115 Å². The molecule has 2 fully saturated rings. The van der Waals surface area contributed by atoms with Crippen LogP contribution in [0.2, 0.25) is 5.28 Å². The molecular weight excluding hydrogens is 272 g/mol. The second kappa shape index (κ2) is 5.07. The van der Waals surface area contributed by atoms with E-state index in [0.717, 1.165) is 19.4 Å². The highest BCUT2D eigenvalue weighted by molar-refractivity contribution is 6.28. The first-order valence-corrected chi connectivity index (χ1v) is 6.57. The molecule has 1 aromatic rings. The second-order valence-corrected chi connectivity index (χ2v) is 4.86. The van der Waals surface area contributed by atoms with Gasteiger partial charge in [0.2, 0.25) is 11.2 Å². The Bertz CT molecular complexity index is 467. The summed E-state index contributed by atoms with van der Waals surface area (Å²) in [6.45, 7) is 2.69. The molecule has 104 valence electrons. The zero-order valence-corrected chi connectivity index (χ0v) is 11.4. The van der Waals surface area contributed by atoms with E-state index in [2.05, 4.69) is 15.0 Å². The number of aromatic nitrogens is 3. The maximum atomic E-state index is 5.87. The Morgan fingerprint density at radius 3 is 2.79 bits per heavy atom. The molecule has 7 nitrogen and oxygen atoms in total. The minimum Gasteiger partial charge on any atom is -0.467 e. The van der Waals surface area contributed by atoms with Crippen molar-refractivity contribution in [1.29, 1.82) is 0 Å². The quantitative estimate of drug-likeness (QED) is 0.799. The van der Waals surface area contributed by atoms with E-state index in [1.165, 1.54) is 7.11 Å². The van der Waals surface area contributed by atoms with Crippen molar-refractivity contribution in [1.82, 2.24) is 15.0 Å². The second-order valence-electron chi connectivity index (χ2n) is 4.52. The summed E-state index contributed by atoms with van der Waals surface area (Å²) < 4.78 is 16.4. The fourth-order valence-electron chi connectivity index (χ4n) is 2.45. The number of methoxy groups -OCH3 is 1. The van der Waals surface area contributed by atoms with Crippen molar-refractivity contribution in [3.8, 4) is 6.01 Å². The van der Waals surface area contributed by atoms with Crippen LogP contribution < -0.4 is 9.64 Å². The van der Waals surface area contributed by atoms with Crippen molar-refractivity contribution in [3.05, 3.63) is 5.28 Å². The van der Waals surface area contributed by atoms with Crippen LogP contribution in [0.4, 0.5) is 5.95 Å². The van der Waals surface area contributed by atoms with E-state index in [1.807, 2.05) is 4.90 Å². The molecule has 0 aromatic carbocycles. The topological polar surface area (TPSA) is 69.6 Å². The van der Waals surface area contributed by atoms with Gasteiger partial charge in [-0.3, -0.25) is 0 Å². The average molecular weight is 287 g/mol. The molecule has 0 N–H and O–H groups in total. The van der Waals surface area contributed by atoms with Gasteiger partial charge in [0.15, 0.2) is 5.79 Å². The Morgan fingerprint density at radius 2 is 2.05 bits per heavy atom. The van der Waals surface area contributed by atoms with E-state index in [0.29, 0.717) is 25.7 Å². The SMILES string of the molecule is COc1nc(Cl)nc(N2CCCC3(C2)OCCO3)n1. The lowest BCUT2D eigenvalue weighted by Crippen LogP contribution is -2.49. The molecule has 8 heteroatoms. The van der Waals surface area contributed by atoms with Crippen LogP contribution in [-0.2, 0) is 9.47 Å². The Kier molecular flexibility index (Phi) is 3.42. The molecule has 3 heterocycles. The third kappa shape index (κ3) is 2.58. The van der Waals surface area contributed by atoms with Gasteiger partial charge in [0.25, 0.3) is 0 Å². The van der Waals surface area contributed by atoms with Gasteiger partial charge in [0.05, 0.1) is 26.9 Å². The smallest absolute Gasteiger partial charge is 0.322 e. The summed E-state index contributed by atoms with van der Waals surface area (Å²) in [5, 5.41) is 0.120. The zero-order chi connectivity index (χ0) is 13.3. The molecule has 0 unspecified atom stereocenters. The summed E-state index contributed by atoms with van der Waals surface area (Å²) >= 11 is 5.87. The predicted molar refractivity (Wildman–Crippen MR) is 67.5 cm³/mol. The highest BCUT2D eigenvalue weighted by atomic mass is 35.5. The van der Waals surface area contributed by atoms with Crippen molar-refractivity contribution in [2.45, 2.75) is 18.6 Å². The van der Waals surface area contributed by atoms with Crippen LogP contribution in [0.1, 0.15) is 12.8 Å². The van der Waals surface area contributed by atoms with Crippen LogP contribution in [0.5, 0.6) is 6.01 Å². The molecule has 0 aliphatic carbocycles. The fourth-order valence-corrected chi connectivity index (χ4v) is 2.59. The number of hydrogen-bond donors (Lipinski definition) is 0. The van der Waals surface area contributed by atoms with Gasteiger partial charge in [0, 0.05) is 13.0 Å². The van der Waals surface area contributed by atoms with E-state index in [4.69, 9.17) is 25.8 Å². The lowest BCUT2D eigenvalue weighted by atomic mass is 10.1. The lowest BCUT2D eigenvalue weighted by molar-refractivity contribution is -0.161. The Morgan fingerprint density at radius 1 is 1.26 bits per heavy atom. The normalized spacial score (nSPS) is 21.9. The molecule has 0 saturated carbocycles. The molecular formula is C11H15ClN4O3. The fraction of sp³-hybridized carbons (Fsp3) is 0.727. The van der Waals surface area contributed by atoms with Crippen LogP contribution in [-0.4, -0.2) is 54.2 Å². The number of rotatable bonds is 2. The first-order valence-electron chi connectivity index (χ1n) is 6.19. The van der Waals surface area contributed by atoms with E-state index < -0.39 is 5.79 Å². The largest absolute Gasteiger partial charge is 0.467 e. The summed E-state index contributed by atoms with van der Waals surface area (Å²) in [6.07, 6.45) is 1.84. The van der Waals surface area contributed by atoms with Gasteiger partial charge in [-0.1, -0.05) is 0 Å². The molecule has 2 saturated heterocycles. The molecule has 0 amide bonds. The molecule has 0 bridgehead atoms. The monoisotopic (exact) mass is 286 g/mol. The van der Waals surface area contributed by atoms with Crippen LogP contribution >= 0.6 is 11.6 Å². The van der Waals surface area contributed by atoms with Gasteiger partial charge in [0.1, 0.15) is 0 Å². The minimum absolute atomic E-state index is 0.120. The highest BCUT2D eigenvalue weighted by Crippen LogP contribution is 2.31. The third-order valence-corrected chi connectivity index (χ3v) is 3.44. The molecule has 0 radical (unpaired) electrons. The summed E-state index contributed by atoms with van der Waals surface area (Å²) in [5.74, 6) is -0.0278. The molecule has 2 aliphatic heterocycles. The van der Waals surface area contributed by atoms with Crippen LogP contribution in [0, 0.1) is 0 Å². The van der Waals surface area contributed by atoms with Gasteiger partial charge in [-0.25, -0.2) is 0 Å². The minimum atomic E-state index is -0.523. The third-order valence-electron chi connectivity index (χ3n) is 3.27.